The van der Waals surface area contributed by atoms with Crippen LogP contribution in [0.15, 0.2) is 0 Å². The number of amides is 2. The van der Waals surface area contributed by atoms with Crippen molar-refractivity contribution in [3.63, 3.8) is 0 Å². The van der Waals surface area contributed by atoms with Gasteiger partial charge in [-0.05, 0) is 31.6 Å². The highest BCUT2D eigenvalue weighted by molar-refractivity contribution is 5.82. The standard InChI is InChI=1S/C14H26N2O4/c1-3-10-4-6-11(7-5-10)8-15-14(20)16-12(9(2)17)13(18)19/h9-12,17H,3-8H2,1-2H3,(H,18,19)(H2,15,16,20)/t9-,10?,11?,12+/m1/s1. The lowest BCUT2D eigenvalue weighted by Crippen LogP contribution is -2.51. The van der Waals surface area contributed by atoms with Gasteiger partial charge in [0.25, 0.3) is 0 Å². The van der Waals surface area contributed by atoms with Crippen LogP contribution in [-0.2, 0) is 4.79 Å². The fourth-order valence-corrected chi connectivity index (χ4v) is 2.66. The molecular weight excluding hydrogens is 260 g/mol. The van der Waals surface area contributed by atoms with Gasteiger partial charge < -0.3 is 20.8 Å². The van der Waals surface area contributed by atoms with Crippen molar-refractivity contribution in [2.45, 2.75) is 58.1 Å². The Morgan fingerprint density at radius 2 is 1.75 bits per heavy atom. The lowest BCUT2D eigenvalue weighted by atomic mass is 9.81. The largest absolute Gasteiger partial charge is 0.480 e. The first-order chi connectivity index (χ1) is 9.43. The zero-order valence-electron chi connectivity index (χ0n) is 12.3. The molecule has 0 aromatic carbocycles. The van der Waals surface area contributed by atoms with Crippen molar-refractivity contribution in [3.05, 3.63) is 0 Å². The number of carboxylic acid groups (broad SMARTS) is 1. The summed E-state index contributed by atoms with van der Waals surface area (Å²) in [5.41, 5.74) is 0. The van der Waals surface area contributed by atoms with Crippen LogP contribution in [0.5, 0.6) is 0 Å². The highest BCUT2D eigenvalue weighted by atomic mass is 16.4. The predicted molar refractivity (Wildman–Crippen MR) is 75.4 cm³/mol. The number of aliphatic carboxylic acids is 1. The number of hydrogen-bond acceptors (Lipinski definition) is 3. The summed E-state index contributed by atoms with van der Waals surface area (Å²) in [5, 5.41) is 23.1. The smallest absolute Gasteiger partial charge is 0.328 e. The topological polar surface area (TPSA) is 98.7 Å². The van der Waals surface area contributed by atoms with Crippen LogP contribution in [0.2, 0.25) is 0 Å². The first kappa shape index (κ1) is 16.8. The van der Waals surface area contributed by atoms with E-state index in [4.69, 9.17) is 5.11 Å². The molecule has 0 aromatic heterocycles. The van der Waals surface area contributed by atoms with E-state index in [9.17, 15) is 14.7 Å². The predicted octanol–water partition coefficient (Wildman–Crippen LogP) is 1.34. The van der Waals surface area contributed by atoms with Gasteiger partial charge in [0.1, 0.15) is 0 Å². The number of carboxylic acids is 1. The Labute approximate surface area is 119 Å². The molecule has 0 radical (unpaired) electrons. The number of aliphatic hydroxyl groups is 1. The second-order valence-electron chi connectivity index (χ2n) is 5.71. The third-order valence-corrected chi connectivity index (χ3v) is 4.13. The Morgan fingerprint density at radius 3 is 2.20 bits per heavy atom. The molecule has 0 saturated heterocycles. The maximum Gasteiger partial charge on any atom is 0.328 e. The number of aliphatic hydroxyl groups excluding tert-OH is 1. The van der Waals surface area contributed by atoms with Crippen LogP contribution in [0.3, 0.4) is 0 Å². The highest BCUT2D eigenvalue weighted by Gasteiger charge is 2.25. The lowest BCUT2D eigenvalue weighted by Gasteiger charge is -2.28. The van der Waals surface area contributed by atoms with Crippen LogP contribution in [0.4, 0.5) is 4.79 Å². The second-order valence-corrected chi connectivity index (χ2v) is 5.71. The Morgan fingerprint density at radius 1 is 1.20 bits per heavy atom. The Balaban J connectivity index is 2.28. The van der Waals surface area contributed by atoms with Crippen LogP contribution in [-0.4, -0.2) is 40.9 Å². The van der Waals surface area contributed by atoms with E-state index in [2.05, 4.69) is 17.6 Å². The summed E-state index contributed by atoms with van der Waals surface area (Å²) in [4.78, 5) is 22.5. The maximum absolute atomic E-state index is 11.6. The van der Waals surface area contributed by atoms with E-state index in [-0.39, 0.29) is 0 Å². The van der Waals surface area contributed by atoms with Crippen LogP contribution in [0, 0.1) is 11.8 Å². The third-order valence-electron chi connectivity index (χ3n) is 4.13. The van der Waals surface area contributed by atoms with E-state index < -0.39 is 24.1 Å². The fourth-order valence-electron chi connectivity index (χ4n) is 2.66. The molecule has 1 saturated carbocycles. The van der Waals surface area contributed by atoms with Crippen molar-refractivity contribution in [3.8, 4) is 0 Å². The quantitative estimate of drug-likeness (QED) is 0.592. The van der Waals surface area contributed by atoms with Crippen molar-refractivity contribution in [2.75, 3.05) is 6.54 Å². The number of carbonyl (C=O) groups is 2. The van der Waals surface area contributed by atoms with Crippen LogP contribution >= 0.6 is 0 Å². The van der Waals surface area contributed by atoms with Gasteiger partial charge in [-0.3, -0.25) is 0 Å². The number of rotatable bonds is 6. The zero-order valence-corrected chi connectivity index (χ0v) is 12.3. The molecule has 2 atom stereocenters. The van der Waals surface area contributed by atoms with Gasteiger partial charge >= 0.3 is 12.0 Å². The molecule has 0 unspecified atom stereocenters. The average molecular weight is 286 g/mol. The molecular formula is C14H26N2O4. The van der Waals surface area contributed by atoms with Crippen LogP contribution in [0.1, 0.15) is 46.0 Å². The molecule has 1 fully saturated rings. The molecule has 4 N–H and O–H groups in total. The second kappa shape index (κ2) is 8.09. The summed E-state index contributed by atoms with van der Waals surface area (Å²) in [6.07, 6.45) is 4.72. The van der Waals surface area contributed by atoms with Gasteiger partial charge in [0.15, 0.2) is 6.04 Å². The minimum absolute atomic E-state index is 0.471. The summed E-state index contributed by atoms with van der Waals surface area (Å²) >= 11 is 0. The summed E-state index contributed by atoms with van der Waals surface area (Å²) < 4.78 is 0. The Bertz CT molecular complexity index is 325. The SMILES string of the molecule is CCC1CCC(CNC(=O)N[C@H](C(=O)O)[C@@H](C)O)CC1. The van der Waals surface area contributed by atoms with E-state index in [1.54, 1.807) is 0 Å². The number of hydrogen-bond donors (Lipinski definition) is 4. The fraction of sp³-hybridized carbons (Fsp3) is 0.857. The minimum atomic E-state index is -1.27. The molecule has 1 rings (SSSR count). The highest BCUT2D eigenvalue weighted by Crippen LogP contribution is 2.29. The van der Waals surface area contributed by atoms with Gasteiger partial charge in [-0.15, -0.1) is 0 Å². The summed E-state index contributed by atoms with van der Waals surface area (Å²) in [6.45, 7) is 4.11. The van der Waals surface area contributed by atoms with E-state index in [0.29, 0.717) is 12.5 Å². The molecule has 1 aliphatic carbocycles. The molecule has 0 aliphatic heterocycles. The lowest BCUT2D eigenvalue weighted by molar-refractivity contribution is -0.141. The molecule has 116 valence electrons. The monoisotopic (exact) mass is 286 g/mol. The Kier molecular flexibility index (Phi) is 6.78. The van der Waals surface area contributed by atoms with E-state index in [0.717, 1.165) is 18.8 Å². The van der Waals surface area contributed by atoms with Crippen molar-refractivity contribution in [1.82, 2.24) is 10.6 Å². The summed E-state index contributed by atoms with van der Waals surface area (Å²) in [7, 11) is 0. The molecule has 2 amide bonds. The van der Waals surface area contributed by atoms with Gasteiger partial charge in [-0.2, -0.15) is 0 Å². The van der Waals surface area contributed by atoms with Gasteiger partial charge in [0, 0.05) is 6.54 Å². The van der Waals surface area contributed by atoms with Gasteiger partial charge in [-0.1, -0.05) is 26.2 Å². The zero-order chi connectivity index (χ0) is 15.1. The number of carbonyl (C=O) groups excluding carboxylic acids is 1. The van der Waals surface area contributed by atoms with Crippen LogP contribution in [0.25, 0.3) is 0 Å². The van der Waals surface area contributed by atoms with Crippen molar-refractivity contribution < 1.29 is 19.8 Å². The maximum atomic E-state index is 11.6. The van der Waals surface area contributed by atoms with Crippen molar-refractivity contribution in [2.24, 2.45) is 11.8 Å². The van der Waals surface area contributed by atoms with Gasteiger partial charge in [0.05, 0.1) is 6.10 Å². The normalized spacial score (nSPS) is 25.6. The molecule has 6 heteroatoms. The molecule has 0 heterocycles. The van der Waals surface area contributed by atoms with Crippen molar-refractivity contribution in [1.29, 1.82) is 0 Å². The number of nitrogens with one attached hydrogen (secondary N) is 2. The van der Waals surface area contributed by atoms with E-state index in [1.165, 1.54) is 26.2 Å². The third kappa shape index (κ3) is 5.36. The average Bonchev–Trinajstić information content (AvgIpc) is 2.42. The number of urea groups is 1. The van der Waals surface area contributed by atoms with Gasteiger partial charge in [-0.25, -0.2) is 9.59 Å². The van der Waals surface area contributed by atoms with Gasteiger partial charge in [0.2, 0.25) is 0 Å². The first-order valence-electron chi connectivity index (χ1n) is 7.39. The molecule has 6 nitrogen and oxygen atoms in total. The molecule has 0 aromatic rings. The minimum Gasteiger partial charge on any atom is -0.480 e. The molecule has 0 bridgehead atoms. The molecule has 20 heavy (non-hydrogen) atoms. The molecule has 1 aliphatic rings. The summed E-state index contributed by atoms with van der Waals surface area (Å²) in [5.74, 6) is 0.0451. The van der Waals surface area contributed by atoms with E-state index >= 15 is 0 Å². The first-order valence-corrected chi connectivity index (χ1v) is 7.39. The summed E-state index contributed by atoms with van der Waals surface area (Å²) in [6, 6.07) is -1.80. The Hall–Kier alpha value is -1.30. The molecule has 0 spiro atoms. The van der Waals surface area contributed by atoms with Crippen molar-refractivity contribution >= 4 is 12.0 Å². The van der Waals surface area contributed by atoms with Crippen LogP contribution < -0.4 is 10.6 Å². The van der Waals surface area contributed by atoms with E-state index in [1.807, 2.05) is 0 Å².